The molecule has 7 nitrogen and oxygen atoms in total. The van der Waals surface area contributed by atoms with Crippen LogP contribution >= 0.6 is 15.9 Å². The molecular formula is C11H15BrN4O3. The van der Waals surface area contributed by atoms with Gasteiger partial charge in [-0.3, -0.25) is 4.79 Å². The molecule has 19 heavy (non-hydrogen) atoms. The van der Waals surface area contributed by atoms with Gasteiger partial charge in [-0.1, -0.05) is 0 Å². The van der Waals surface area contributed by atoms with Crippen molar-refractivity contribution in [2.75, 3.05) is 6.54 Å². The summed E-state index contributed by atoms with van der Waals surface area (Å²) < 4.78 is 1.60. The predicted molar refractivity (Wildman–Crippen MR) is 71.6 cm³/mol. The molecule has 104 valence electrons. The average Bonchev–Trinajstić information content (AvgIpc) is 2.70. The van der Waals surface area contributed by atoms with Crippen molar-refractivity contribution in [3.8, 4) is 0 Å². The minimum Gasteiger partial charge on any atom is -0.358 e. The third-order valence-electron chi connectivity index (χ3n) is 3.29. The maximum atomic E-state index is 12.1. The van der Waals surface area contributed by atoms with Crippen molar-refractivity contribution in [3.63, 3.8) is 0 Å². The zero-order valence-corrected chi connectivity index (χ0v) is 12.2. The molecule has 1 saturated heterocycles. The van der Waals surface area contributed by atoms with E-state index in [2.05, 4.69) is 21.0 Å². The van der Waals surface area contributed by atoms with Gasteiger partial charge in [0.1, 0.15) is 11.0 Å². The van der Waals surface area contributed by atoms with Crippen LogP contribution in [-0.4, -0.2) is 38.1 Å². The first-order chi connectivity index (χ1) is 8.99. The summed E-state index contributed by atoms with van der Waals surface area (Å²) in [5.74, 6) is -0.309. The van der Waals surface area contributed by atoms with E-state index >= 15 is 0 Å². The van der Waals surface area contributed by atoms with Gasteiger partial charge in [-0.25, -0.2) is 0 Å². The van der Waals surface area contributed by atoms with Crippen LogP contribution in [-0.2, 0) is 11.3 Å². The van der Waals surface area contributed by atoms with E-state index in [0.717, 1.165) is 25.8 Å². The van der Waals surface area contributed by atoms with Gasteiger partial charge in [0, 0.05) is 12.6 Å². The number of piperidine rings is 1. The highest BCUT2D eigenvalue weighted by molar-refractivity contribution is 9.10. The van der Waals surface area contributed by atoms with Crippen molar-refractivity contribution < 1.29 is 9.72 Å². The number of rotatable bonds is 3. The number of nitrogens with zero attached hydrogens (tertiary/aromatic N) is 4. The van der Waals surface area contributed by atoms with Crippen LogP contribution in [0.4, 0.5) is 5.82 Å². The number of carbonyl (C=O) groups excluding carboxylic acids is 1. The molecular weight excluding hydrogens is 316 g/mol. The van der Waals surface area contributed by atoms with Gasteiger partial charge in [0.15, 0.2) is 0 Å². The van der Waals surface area contributed by atoms with E-state index in [4.69, 9.17) is 0 Å². The Labute approximate surface area is 118 Å². The first-order valence-electron chi connectivity index (χ1n) is 6.16. The quantitative estimate of drug-likeness (QED) is 0.626. The number of nitro groups is 1. The molecule has 2 rings (SSSR count). The van der Waals surface area contributed by atoms with Gasteiger partial charge in [-0.2, -0.15) is 4.68 Å². The molecule has 1 unspecified atom stereocenters. The Hall–Kier alpha value is -1.44. The molecule has 1 aliphatic heterocycles. The fourth-order valence-corrected chi connectivity index (χ4v) is 2.75. The zero-order valence-electron chi connectivity index (χ0n) is 10.6. The Balaban J connectivity index is 2.06. The van der Waals surface area contributed by atoms with E-state index in [-0.39, 0.29) is 28.8 Å². The molecule has 1 fully saturated rings. The van der Waals surface area contributed by atoms with Gasteiger partial charge >= 0.3 is 5.82 Å². The first-order valence-corrected chi connectivity index (χ1v) is 6.95. The summed E-state index contributed by atoms with van der Waals surface area (Å²) in [4.78, 5) is 24.1. The third kappa shape index (κ3) is 3.12. The molecule has 1 atom stereocenters. The van der Waals surface area contributed by atoms with Crippen molar-refractivity contribution in [2.45, 2.75) is 38.8 Å². The minimum absolute atomic E-state index is 0.0385. The lowest BCUT2D eigenvalue weighted by Gasteiger charge is -2.33. The highest BCUT2D eigenvalue weighted by atomic mass is 79.9. The molecule has 0 spiro atoms. The van der Waals surface area contributed by atoms with Gasteiger partial charge in [0.2, 0.25) is 5.91 Å². The molecule has 2 heterocycles. The summed E-state index contributed by atoms with van der Waals surface area (Å²) >= 11 is 3.07. The molecule has 0 N–H and O–H groups in total. The number of halogens is 1. The molecule has 0 aromatic carbocycles. The standard InChI is InChI=1S/C11H15BrN4O3/c1-8-4-2-3-5-15(8)10(17)7-14-6-9(12)11(13-14)16(18)19/h6,8H,2-5,7H2,1H3. The molecule has 0 bridgehead atoms. The van der Waals surface area contributed by atoms with Crippen molar-refractivity contribution >= 4 is 27.7 Å². The highest BCUT2D eigenvalue weighted by Crippen LogP contribution is 2.22. The molecule has 0 radical (unpaired) electrons. The van der Waals surface area contributed by atoms with Gasteiger partial charge in [0.25, 0.3) is 0 Å². The number of aromatic nitrogens is 2. The summed E-state index contributed by atoms with van der Waals surface area (Å²) in [7, 11) is 0. The number of amides is 1. The van der Waals surface area contributed by atoms with Gasteiger partial charge in [-0.05, 0) is 47.0 Å². The van der Waals surface area contributed by atoms with Gasteiger partial charge in [0.05, 0.1) is 11.3 Å². The van der Waals surface area contributed by atoms with E-state index in [1.165, 1.54) is 10.9 Å². The van der Waals surface area contributed by atoms with Crippen molar-refractivity contribution in [1.29, 1.82) is 0 Å². The van der Waals surface area contributed by atoms with Crippen molar-refractivity contribution in [3.05, 3.63) is 20.8 Å². The second-order valence-electron chi connectivity index (χ2n) is 4.69. The summed E-state index contributed by atoms with van der Waals surface area (Å²) in [6.07, 6.45) is 4.63. The average molecular weight is 331 g/mol. The highest BCUT2D eigenvalue weighted by Gasteiger charge is 2.26. The Kier molecular flexibility index (Phi) is 4.18. The maximum Gasteiger partial charge on any atom is 0.404 e. The van der Waals surface area contributed by atoms with Gasteiger partial charge in [-0.15, -0.1) is 0 Å². The van der Waals surface area contributed by atoms with Crippen LogP contribution in [0, 0.1) is 10.1 Å². The SMILES string of the molecule is CC1CCCCN1C(=O)Cn1cc(Br)c([N+](=O)[O-])n1. The van der Waals surface area contributed by atoms with Crippen LogP contribution in [0.5, 0.6) is 0 Å². The topological polar surface area (TPSA) is 81.3 Å². The molecule has 0 aliphatic carbocycles. The molecule has 1 amide bonds. The Morgan fingerprint density at radius 2 is 2.37 bits per heavy atom. The van der Waals surface area contributed by atoms with Gasteiger partial charge < -0.3 is 15.0 Å². The van der Waals surface area contributed by atoms with Crippen LogP contribution in [0.15, 0.2) is 10.7 Å². The lowest BCUT2D eigenvalue weighted by Crippen LogP contribution is -2.43. The Bertz CT molecular complexity index is 502. The van der Waals surface area contributed by atoms with E-state index < -0.39 is 4.92 Å². The Morgan fingerprint density at radius 1 is 1.63 bits per heavy atom. The molecule has 1 aromatic rings. The van der Waals surface area contributed by atoms with Crippen LogP contribution in [0.3, 0.4) is 0 Å². The molecule has 0 saturated carbocycles. The summed E-state index contributed by atoms with van der Waals surface area (Å²) in [5.41, 5.74) is 0. The summed E-state index contributed by atoms with van der Waals surface area (Å²) in [6, 6.07) is 0.232. The second-order valence-corrected chi connectivity index (χ2v) is 5.54. The smallest absolute Gasteiger partial charge is 0.358 e. The fraction of sp³-hybridized carbons (Fsp3) is 0.636. The number of carbonyl (C=O) groups is 1. The van der Waals surface area contributed by atoms with Crippen LogP contribution in [0.1, 0.15) is 26.2 Å². The first kappa shape index (κ1) is 14.0. The number of hydrogen-bond acceptors (Lipinski definition) is 4. The van der Waals surface area contributed by atoms with E-state index in [1.54, 1.807) is 0 Å². The van der Waals surface area contributed by atoms with Crippen LogP contribution in [0.25, 0.3) is 0 Å². The monoisotopic (exact) mass is 330 g/mol. The van der Waals surface area contributed by atoms with Crippen molar-refractivity contribution in [1.82, 2.24) is 14.7 Å². The summed E-state index contributed by atoms with van der Waals surface area (Å²) in [6.45, 7) is 2.82. The normalized spacial score (nSPS) is 19.5. The molecule has 1 aliphatic rings. The number of hydrogen-bond donors (Lipinski definition) is 0. The third-order valence-corrected chi connectivity index (χ3v) is 3.85. The largest absolute Gasteiger partial charge is 0.404 e. The molecule has 8 heteroatoms. The van der Waals surface area contributed by atoms with E-state index in [9.17, 15) is 14.9 Å². The van der Waals surface area contributed by atoms with Crippen LogP contribution in [0.2, 0.25) is 0 Å². The Morgan fingerprint density at radius 3 is 2.95 bits per heavy atom. The van der Waals surface area contributed by atoms with Crippen molar-refractivity contribution in [2.24, 2.45) is 0 Å². The maximum absolute atomic E-state index is 12.1. The second kappa shape index (κ2) is 5.68. The lowest BCUT2D eigenvalue weighted by molar-refractivity contribution is -0.390. The fourth-order valence-electron chi connectivity index (χ4n) is 2.29. The zero-order chi connectivity index (χ0) is 14.0. The number of likely N-dealkylation sites (tertiary alicyclic amines) is 1. The predicted octanol–water partition coefficient (Wildman–Crippen LogP) is 1.95. The lowest BCUT2D eigenvalue weighted by atomic mass is 10.0. The van der Waals surface area contributed by atoms with E-state index in [0.29, 0.717) is 0 Å². The minimum atomic E-state index is -0.575. The molecule has 1 aromatic heterocycles. The summed E-state index contributed by atoms with van der Waals surface area (Å²) in [5, 5.41) is 14.5. The van der Waals surface area contributed by atoms with E-state index in [1.807, 2.05) is 11.8 Å². The van der Waals surface area contributed by atoms with Crippen LogP contribution < -0.4 is 0 Å².